The maximum absolute atomic E-state index is 6.06. The number of nitrogens with zero attached hydrogens (tertiary/aromatic N) is 1. The highest BCUT2D eigenvalue weighted by atomic mass is 35.5. The van der Waals surface area contributed by atoms with Crippen molar-refractivity contribution in [2.75, 3.05) is 26.2 Å². The van der Waals surface area contributed by atoms with Gasteiger partial charge in [0.1, 0.15) is 6.61 Å². The number of para-hydroxylation sites is 1. The molecule has 1 fully saturated rings. The highest BCUT2D eigenvalue weighted by molar-refractivity contribution is 6.37. The molecule has 3 nitrogen and oxygen atoms in total. The van der Waals surface area contributed by atoms with Crippen LogP contribution in [-0.2, 0) is 0 Å². The number of benzene rings is 1. The van der Waals surface area contributed by atoms with E-state index in [0.717, 1.165) is 19.6 Å². The summed E-state index contributed by atoms with van der Waals surface area (Å²) in [6, 6.07) is 6.44. The van der Waals surface area contributed by atoms with Crippen molar-refractivity contribution in [2.45, 2.75) is 25.9 Å². The van der Waals surface area contributed by atoms with E-state index in [1.165, 1.54) is 0 Å². The van der Waals surface area contributed by atoms with Crippen molar-refractivity contribution in [1.29, 1.82) is 0 Å². The van der Waals surface area contributed by atoms with E-state index in [9.17, 15) is 0 Å². The molecular formula is C14H20Cl2N2O. The van der Waals surface area contributed by atoms with Gasteiger partial charge < -0.3 is 10.1 Å². The summed E-state index contributed by atoms with van der Waals surface area (Å²) in [5.74, 6) is 0.585. The molecule has 2 rings (SSSR count). The molecule has 1 aromatic rings. The maximum Gasteiger partial charge on any atom is 0.156 e. The lowest BCUT2D eigenvalue weighted by atomic mass is 10.1. The topological polar surface area (TPSA) is 24.5 Å². The van der Waals surface area contributed by atoms with Crippen molar-refractivity contribution >= 4 is 23.2 Å². The van der Waals surface area contributed by atoms with E-state index in [0.29, 0.717) is 34.5 Å². The summed E-state index contributed by atoms with van der Waals surface area (Å²) < 4.78 is 5.71. The third-order valence-electron chi connectivity index (χ3n) is 3.21. The lowest BCUT2D eigenvalue weighted by Gasteiger charge is -2.36. The van der Waals surface area contributed by atoms with Crippen LogP contribution in [0.25, 0.3) is 0 Å². The first-order valence-electron chi connectivity index (χ1n) is 6.61. The van der Waals surface area contributed by atoms with E-state index in [1.54, 1.807) is 12.1 Å². The standard InChI is InChI=1S/C14H20Cl2N2O/c1-10-8-18(9-11(2)17-10)6-7-19-14-12(15)4-3-5-13(14)16/h3-5,10-11,17H,6-9H2,1-2H3. The van der Waals surface area contributed by atoms with Gasteiger partial charge in [0.2, 0.25) is 0 Å². The minimum Gasteiger partial charge on any atom is -0.489 e. The predicted octanol–water partition coefficient (Wildman–Crippen LogP) is 3.05. The van der Waals surface area contributed by atoms with Crippen molar-refractivity contribution in [3.05, 3.63) is 28.2 Å². The van der Waals surface area contributed by atoms with Crippen LogP contribution in [0.15, 0.2) is 18.2 Å². The van der Waals surface area contributed by atoms with Gasteiger partial charge in [0, 0.05) is 31.7 Å². The predicted molar refractivity (Wildman–Crippen MR) is 80.5 cm³/mol. The summed E-state index contributed by atoms with van der Waals surface area (Å²) in [5, 5.41) is 4.64. The van der Waals surface area contributed by atoms with Gasteiger partial charge in [-0.25, -0.2) is 0 Å². The molecule has 1 heterocycles. The Bertz CT molecular complexity index is 398. The Labute approximate surface area is 124 Å². The minimum absolute atomic E-state index is 0.521. The number of hydrogen-bond donors (Lipinski definition) is 1. The van der Waals surface area contributed by atoms with Crippen LogP contribution in [0.4, 0.5) is 0 Å². The Kier molecular flexibility index (Phi) is 5.34. The largest absolute Gasteiger partial charge is 0.489 e. The maximum atomic E-state index is 6.06. The van der Waals surface area contributed by atoms with Crippen LogP contribution in [0.2, 0.25) is 10.0 Å². The Hall–Kier alpha value is -0.480. The third kappa shape index (κ3) is 4.25. The van der Waals surface area contributed by atoms with Gasteiger partial charge in [0.15, 0.2) is 5.75 Å². The van der Waals surface area contributed by atoms with Crippen molar-refractivity contribution in [2.24, 2.45) is 0 Å². The molecule has 106 valence electrons. The van der Waals surface area contributed by atoms with Crippen LogP contribution in [0, 0.1) is 0 Å². The van der Waals surface area contributed by atoms with Gasteiger partial charge in [-0.3, -0.25) is 4.90 Å². The molecular weight excluding hydrogens is 283 g/mol. The van der Waals surface area contributed by atoms with Crippen molar-refractivity contribution in [1.82, 2.24) is 10.2 Å². The van der Waals surface area contributed by atoms with Crippen molar-refractivity contribution in [3.8, 4) is 5.75 Å². The summed E-state index contributed by atoms with van der Waals surface area (Å²) in [7, 11) is 0. The molecule has 19 heavy (non-hydrogen) atoms. The molecule has 0 aliphatic carbocycles. The second-order valence-corrected chi connectivity index (χ2v) is 5.94. The molecule has 2 atom stereocenters. The lowest BCUT2D eigenvalue weighted by molar-refractivity contribution is 0.146. The van der Waals surface area contributed by atoms with E-state index in [4.69, 9.17) is 27.9 Å². The van der Waals surface area contributed by atoms with E-state index < -0.39 is 0 Å². The lowest BCUT2D eigenvalue weighted by Crippen LogP contribution is -2.54. The number of nitrogens with one attached hydrogen (secondary N) is 1. The molecule has 0 amide bonds. The third-order valence-corrected chi connectivity index (χ3v) is 3.80. The van der Waals surface area contributed by atoms with Crippen LogP contribution in [0.1, 0.15) is 13.8 Å². The van der Waals surface area contributed by atoms with E-state index >= 15 is 0 Å². The SMILES string of the molecule is CC1CN(CCOc2c(Cl)cccc2Cl)CC(C)N1. The summed E-state index contributed by atoms with van der Waals surface area (Å²) in [6.07, 6.45) is 0. The molecule has 5 heteroatoms. The number of ether oxygens (including phenoxy) is 1. The van der Waals surface area contributed by atoms with E-state index in [-0.39, 0.29) is 0 Å². The van der Waals surface area contributed by atoms with E-state index in [2.05, 4.69) is 24.1 Å². The molecule has 0 aromatic heterocycles. The molecule has 1 aliphatic rings. The van der Waals surface area contributed by atoms with Gasteiger partial charge in [-0.1, -0.05) is 29.3 Å². The number of piperazine rings is 1. The Morgan fingerprint density at radius 1 is 1.21 bits per heavy atom. The first-order chi connectivity index (χ1) is 9.06. The minimum atomic E-state index is 0.521. The molecule has 0 radical (unpaired) electrons. The summed E-state index contributed by atoms with van der Waals surface area (Å²) in [4.78, 5) is 2.40. The molecule has 0 bridgehead atoms. The Morgan fingerprint density at radius 3 is 2.37 bits per heavy atom. The second kappa shape index (κ2) is 6.80. The van der Waals surface area contributed by atoms with Crippen LogP contribution in [0.5, 0.6) is 5.75 Å². The zero-order valence-electron chi connectivity index (χ0n) is 11.3. The normalized spacial score (nSPS) is 24.4. The first-order valence-corrected chi connectivity index (χ1v) is 7.37. The quantitative estimate of drug-likeness (QED) is 0.925. The fraction of sp³-hybridized carbons (Fsp3) is 0.571. The molecule has 1 saturated heterocycles. The zero-order valence-corrected chi connectivity index (χ0v) is 12.8. The van der Waals surface area contributed by atoms with Gasteiger partial charge >= 0.3 is 0 Å². The van der Waals surface area contributed by atoms with Gasteiger partial charge in [0.05, 0.1) is 10.0 Å². The molecule has 2 unspecified atom stereocenters. The van der Waals surface area contributed by atoms with Gasteiger partial charge in [-0.2, -0.15) is 0 Å². The molecule has 1 N–H and O–H groups in total. The van der Waals surface area contributed by atoms with E-state index in [1.807, 2.05) is 6.07 Å². The number of rotatable bonds is 4. The summed E-state index contributed by atoms with van der Waals surface area (Å²) in [6.45, 7) is 7.98. The fourth-order valence-corrected chi connectivity index (χ4v) is 3.03. The number of hydrogen-bond acceptors (Lipinski definition) is 3. The van der Waals surface area contributed by atoms with Gasteiger partial charge in [0.25, 0.3) is 0 Å². The number of halogens is 2. The highest BCUT2D eigenvalue weighted by Gasteiger charge is 2.20. The molecule has 1 aromatic carbocycles. The highest BCUT2D eigenvalue weighted by Crippen LogP contribution is 2.32. The van der Waals surface area contributed by atoms with Crippen LogP contribution >= 0.6 is 23.2 Å². The zero-order chi connectivity index (χ0) is 13.8. The summed E-state index contributed by atoms with van der Waals surface area (Å²) in [5.41, 5.74) is 0. The van der Waals surface area contributed by atoms with Crippen LogP contribution in [0.3, 0.4) is 0 Å². The van der Waals surface area contributed by atoms with Crippen LogP contribution in [-0.4, -0.2) is 43.2 Å². The average molecular weight is 303 g/mol. The Morgan fingerprint density at radius 2 is 1.79 bits per heavy atom. The first kappa shape index (κ1) is 14.9. The average Bonchev–Trinajstić information content (AvgIpc) is 2.32. The van der Waals surface area contributed by atoms with Crippen LogP contribution < -0.4 is 10.1 Å². The molecule has 1 aliphatic heterocycles. The smallest absolute Gasteiger partial charge is 0.156 e. The van der Waals surface area contributed by atoms with Crippen molar-refractivity contribution in [3.63, 3.8) is 0 Å². The monoisotopic (exact) mass is 302 g/mol. The fourth-order valence-electron chi connectivity index (χ4n) is 2.52. The second-order valence-electron chi connectivity index (χ2n) is 5.13. The van der Waals surface area contributed by atoms with Gasteiger partial charge in [-0.15, -0.1) is 0 Å². The summed E-state index contributed by atoms with van der Waals surface area (Å²) >= 11 is 12.1. The molecule has 0 spiro atoms. The Balaban J connectivity index is 1.83. The van der Waals surface area contributed by atoms with Crippen molar-refractivity contribution < 1.29 is 4.74 Å². The van der Waals surface area contributed by atoms with Gasteiger partial charge in [-0.05, 0) is 26.0 Å². The molecule has 0 saturated carbocycles.